The number of phenols is 1. The van der Waals surface area contributed by atoms with E-state index in [0.717, 1.165) is 51.0 Å². The van der Waals surface area contributed by atoms with Crippen LogP contribution in [0.15, 0.2) is 24.3 Å². The first-order valence-electron chi connectivity index (χ1n) is 10.3. The zero-order valence-corrected chi connectivity index (χ0v) is 16.7. The van der Waals surface area contributed by atoms with E-state index < -0.39 is 0 Å². The lowest BCUT2D eigenvalue weighted by Crippen LogP contribution is -2.44. The van der Waals surface area contributed by atoms with E-state index in [2.05, 4.69) is 23.2 Å². The maximum Gasteiger partial charge on any atom is 0.225 e. The van der Waals surface area contributed by atoms with Crippen molar-refractivity contribution in [1.29, 1.82) is 0 Å². The number of hydrogen-bond donors (Lipinski definition) is 2. The number of carbonyl (C=O) groups excluding carboxylic acids is 1. The highest BCUT2D eigenvalue weighted by atomic mass is 16.5. The Hall–Kier alpha value is -1.59. The molecule has 3 aliphatic heterocycles. The van der Waals surface area contributed by atoms with E-state index in [9.17, 15) is 9.90 Å². The predicted molar refractivity (Wildman–Crippen MR) is 104 cm³/mol. The van der Waals surface area contributed by atoms with Crippen LogP contribution in [0.1, 0.15) is 45.6 Å². The van der Waals surface area contributed by atoms with E-state index in [1.807, 2.05) is 26.0 Å². The average Bonchev–Trinajstić information content (AvgIpc) is 3.27. The van der Waals surface area contributed by atoms with Crippen molar-refractivity contribution < 1.29 is 14.6 Å². The topological polar surface area (TPSA) is 61.8 Å². The first-order chi connectivity index (χ1) is 12.8. The normalized spacial score (nSPS) is 32.6. The van der Waals surface area contributed by atoms with Gasteiger partial charge in [0, 0.05) is 43.4 Å². The minimum Gasteiger partial charge on any atom is -0.508 e. The summed E-state index contributed by atoms with van der Waals surface area (Å²) < 4.78 is 6.49. The quantitative estimate of drug-likeness (QED) is 0.806. The molecule has 3 saturated heterocycles. The van der Waals surface area contributed by atoms with Crippen molar-refractivity contribution in [1.82, 2.24) is 10.2 Å². The number of nitrogens with zero attached hydrogens (tertiary/aromatic N) is 1. The van der Waals surface area contributed by atoms with Crippen LogP contribution in [0.25, 0.3) is 0 Å². The number of phenolic OH excluding ortho intramolecular Hbond substituents is 1. The van der Waals surface area contributed by atoms with Gasteiger partial charge in [-0.15, -0.1) is 0 Å². The number of ether oxygens (including phenoxy) is 1. The number of hydrogen-bond acceptors (Lipinski definition) is 4. The molecular formula is C22H32N2O3. The second kappa shape index (κ2) is 6.78. The summed E-state index contributed by atoms with van der Waals surface area (Å²) in [6.45, 7) is 9.59. The molecule has 27 heavy (non-hydrogen) atoms. The van der Waals surface area contributed by atoms with Crippen LogP contribution in [0.2, 0.25) is 0 Å². The van der Waals surface area contributed by atoms with Crippen molar-refractivity contribution in [2.45, 2.75) is 58.3 Å². The number of rotatable bonds is 6. The predicted octanol–water partition coefficient (Wildman–Crippen LogP) is 2.92. The summed E-state index contributed by atoms with van der Waals surface area (Å²) in [7, 11) is 0. The van der Waals surface area contributed by atoms with Gasteiger partial charge in [0.15, 0.2) is 0 Å². The first kappa shape index (κ1) is 18.8. The van der Waals surface area contributed by atoms with Crippen LogP contribution in [0.4, 0.5) is 0 Å². The summed E-state index contributed by atoms with van der Waals surface area (Å²) in [4.78, 5) is 15.0. The van der Waals surface area contributed by atoms with Gasteiger partial charge in [0.25, 0.3) is 0 Å². The van der Waals surface area contributed by atoms with E-state index >= 15 is 0 Å². The molecule has 1 aromatic rings. The van der Waals surface area contributed by atoms with Gasteiger partial charge in [-0.2, -0.15) is 0 Å². The molecule has 3 heterocycles. The highest BCUT2D eigenvalue weighted by Crippen LogP contribution is 2.54. The zero-order chi connectivity index (χ0) is 19.2. The van der Waals surface area contributed by atoms with Crippen LogP contribution in [-0.4, -0.2) is 47.3 Å². The number of likely N-dealkylation sites (tertiary alicyclic amines) is 1. The van der Waals surface area contributed by atoms with Crippen molar-refractivity contribution in [3.8, 4) is 5.75 Å². The zero-order valence-electron chi connectivity index (χ0n) is 16.7. The summed E-state index contributed by atoms with van der Waals surface area (Å²) in [5, 5.41) is 12.9. The van der Waals surface area contributed by atoms with Gasteiger partial charge in [0.1, 0.15) is 5.75 Å². The Kier molecular flexibility index (Phi) is 4.71. The highest BCUT2D eigenvalue weighted by Gasteiger charge is 2.62. The number of nitrogens with one attached hydrogen (secondary N) is 1. The Morgan fingerprint density at radius 3 is 3.00 bits per heavy atom. The van der Waals surface area contributed by atoms with Crippen LogP contribution in [0.3, 0.4) is 0 Å². The lowest BCUT2D eigenvalue weighted by atomic mass is 9.73. The Morgan fingerprint density at radius 1 is 1.44 bits per heavy atom. The van der Waals surface area contributed by atoms with Crippen molar-refractivity contribution in [2.24, 2.45) is 17.3 Å². The van der Waals surface area contributed by atoms with E-state index in [1.165, 1.54) is 0 Å². The molecule has 2 N–H and O–H groups in total. The molecule has 1 amide bonds. The molecule has 3 fully saturated rings. The Bertz CT molecular complexity index is 719. The van der Waals surface area contributed by atoms with E-state index in [-0.39, 0.29) is 16.9 Å². The summed E-state index contributed by atoms with van der Waals surface area (Å²) in [6.07, 6.45) is 3.37. The number of carbonyl (C=O) groups is 1. The molecule has 5 nitrogen and oxygen atoms in total. The summed E-state index contributed by atoms with van der Waals surface area (Å²) in [5.41, 5.74) is 0.792. The summed E-state index contributed by atoms with van der Waals surface area (Å²) >= 11 is 0. The molecule has 0 unspecified atom stereocenters. The van der Waals surface area contributed by atoms with Gasteiger partial charge in [-0.3, -0.25) is 9.69 Å². The van der Waals surface area contributed by atoms with Crippen LogP contribution in [-0.2, 0) is 16.1 Å². The third-order valence-electron chi connectivity index (χ3n) is 7.17. The van der Waals surface area contributed by atoms with Crippen molar-refractivity contribution in [3.05, 3.63) is 29.8 Å². The highest BCUT2D eigenvalue weighted by molar-refractivity contribution is 5.81. The van der Waals surface area contributed by atoms with E-state index in [4.69, 9.17) is 4.74 Å². The third kappa shape index (κ3) is 3.36. The molecule has 148 valence electrons. The fraction of sp³-hybridized carbons (Fsp3) is 0.682. The maximum atomic E-state index is 12.5. The van der Waals surface area contributed by atoms with Gasteiger partial charge >= 0.3 is 0 Å². The molecule has 3 aliphatic rings. The molecule has 2 bridgehead atoms. The molecular weight excluding hydrogens is 340 g/mol. The second-order valence-corrected chi connectivity index (χ2v) is 9.32. The molecule has 1 spiro atoms. The maximum absolute atomic E-state index is 12.5. The standard InChI is InChI=1S/C22H32N2O3/c1-4-21(2,3)20(26)23-11-17-18-13-24(12-15-6-5-7-16(25)10-15)14-22(18)9-8-19(17)27-22/h5-7,10,17-19,25H,4,8-9,11-14H2,1-3H3,(H,23,26)/t17-,18+,19+,22+/m0/s1. The van der Waals surface area contributed by atoms with Gasteiger partial charge < -0.3 is 15.2 Å². The van der Waals surface area contributed by atoms with Crippen LogP contribution in [0.5, 0.6) is 5.75 Å². The Labute approximate surface area is 162 Å². The van der Waals surface area contributed by atoms with E-state index in [1.54, 1.807) is 6.07 Å². The van der Waals surface area contributed by atoms with Gasteiger partial charge in [0.2, 0.25) is 5.91 Å². The summed E-state index contributed by atoms with van der Waals surface area (Å²) in [6, 6.07) is 7.51. The summed E-state index contributed by atoms with van der Waals surface area (Å²) in [5.74, 6) is 1.36. The van der Waals surface area contributed by atoms with E-state index in [0.29, 0.717) is 23.7 Å². The minimum atomic E-state index is -0.312. The van der Waals surface area contributed by atoms with Gasteiger partial charge in [-0.25, -0.2) is 0 Å². The molecule has 0 saturated carbocycles. The lowest BCUT2D eigenvalue weighted by molar-refractivity contribution is -0.129. The van der Waals surface area contributed by atoms with Crippen molar-refractivity contribution >= 4 is 5.91 Å². The number of fused-ring (bicyclic) bond motifs is 1. The van der Waals surface area contributed by atoms with Crippen molar-refractivity contribution in [2.75, 3.05) is 19.6 Å². The molecule has 0 radical (unpaired) electrons. The SMILES string of the molecule is CCC(C)(C)C(=O)NC[C@H]1[C@H]2CN(Cc3cccc(O)c3)C[C@]23CC[C@H]1O3. The molecule has 5 heteroatoms. The fourth-order valence-corrected chi connectivity index (χ4v) is 5.20. The largest absolute Gasteiger partial charge is 0.508 e. The minimum absolute atomic E-state index is 0.0306. The van der Waals surface area contributed by atoms with Crippen molar-refractivity contribution in [3.63, 3.8) is 0 Å². The molecule has 4 atom stereocenters. The Balaban J connectivity index is 1.41. The molecule has 1 aromatic carbocycles. The van der Waals surface area contributed by atoms with Gasteiger partial charge in [-0.05, 0) is 37.0 Å². The lowest BCUT2D eigenvalue weighted by Gasteiger charge is -2.31. The smallest absolute Gasteiger partial charge is 0.225 e. The number of amides is 1. The Morgan fingerprint density at radius 2 is 2.26 bits per heavy atom. The average molecular weight is 373 g/mol. The first-order valence-corrected chi connectivity index (χ1v) is 10.3. The molecule has 0 aromatic heterocycles. The van der Waals surface area contributed by atoms with Crippen LogP contribution >= 0.6 is 0 Å². The molecule has 0 aliphatic carbocycles. The third-order valence-corrected chi connectivity index (χ3v) is 7.17. The second-order valence-electron chi connectivity index (χ2n) is 9.32. The number of aromatic hydroxyl groups is 1. The fourth-order valence-electron chi connectivity index (χ4n) is 5.20. The molecule has 4 rings (SSSR count). The monoisotopic (exact) mass is 372 g/mol. The van der Waals surface area contributed by atoms with Crippen LogP contribution in [0, 0.1) is 17.3 Å². The van der Waals surface area contributed by atoms with Gasteiger partial charge in [0.05, 0.1) is 11.7 Å². The van der Waals surface area contributed by atoms with Crippen LogP contribution < -0.4 is 5.32 Å². The number of benzene rings is 1. The van der Waals surface area contributed by atoms with Gasteiger partial charge in [-0.1, -0.05) is 32.9 Å².